The van der Waals surface area contributed by atoms with Crippen LogP contribution >= 0.6 is 11.6 Å². The lowest BCUT2D eigenvalue weighted by Crippen LogP contribution is -2.16. The number of ether oxygens (including phenoxy) is 1. The maximum Gasteiger partial charge on any atom is 0.422 e. The highest BCUT2D eigenvalue weighted by atomic mass is 35.5. The minimum Gasteiger partial charge on any atom is -0.465 e. The number of rotatable bonds is 5. The van der Waals surface area contributed by atoms with Crippen molar-refractivity contribution in [3.8, 4) is 11.3 Å². The van der Waals surface area contributed by atoms with E-state index in [2.05, 4.69) is 9.84 Å². The van der Waals surface area contributed by atoms with E-state index in [9.17, 15) is 35.5 Å². The second kappa shape index (κ2) is 9.14. The molecule has 0 unspecified atom stereocenters. The predicted molar refractivity (Wildman–Crippen MR) is 103 cm³/mol. The number of nitrogens with one attached hydrogen (secondary N) is 1. The summed E-state index contributed by atoms with van der Waals surface area (Å²) < 4.78 is 103. The summed E-state index contributed by atoms with van der Waals surface area (Å²) in [5.41, 5.74) is -2.20. The first-order chi connectivity index (χ1) is 15.5. The van der Waals surface area contributed by atoms with E-state index in [1.165, 1.54) is 37.4 Å². The minimum absolute atomic E-state index is 0.0271. The summed E-state index contributed by atoms with van der Waals surface area (Å²) in [6.07, 6.45) is -4.81. The first-order valence-corrected chi connectivity index (χ1v) is 9.03. The third-order valence-electron chi connectivity index (χ3n) is 4.20. The lowest BCUT2D eigenvalue weighted by Gasteiger charge is -2.13. The fourth-order valence-electron chi connectivity index (χ4n) is 2.66. The minimum atomic E-state index is -5.66. The molecule has 0 fully saturated rings. The first-order valence-electron chi connectivity index (χ1n) is 8.66. The molecule has 0 atom stereocenters. The van der Waals surface area contributed by atoms with Crippen molar-refractivity contribution in [2.45, 2.75) is 6.18 Å². The molecule has 1 aromatic heterocycles. The number of esters is 1. The van der Waals surface area contributed by atoms with Crippen LogP contribution in [0.4, 0.5) is 36.4 Å². The zero-order valence-electron chi connectivity index (χ0n) is 16.2. The van der Waals surface area contributed by atoms with Crippen molar-refractivity contribution < 1.29 is 44.7 Å². The Balaban J connectivity index is 1.85. The van der Waals surface area contributed by atoms with Crippen molar-refractivity contribution in [2.75, 3.05) is 12.5 Å². The Bertz CT molecular complexity index is 1230. The van der Waals surface area contributed by atoms with Crippen molar-refractivity contribution in [1.29, 1.82) is 0 Å². The largest absolute Gasteiger partial charge is 0.465 e. The van der Waals surface area contributed by atoms with Gasteiger partial charge < -0.3 is 9.15 Å². The molecule has 0 bridgehead atoms. The van der Waals surface area contributed by atoms with Gasteiger partial charge in [-0.15, -0.1) is 0 Å². The van der Waals surface area contributed by atoms with E-state index >= 15 is 0 Å². The summed E-state index contributed by atoms with van der Waals surface area (Å²) in [6.45, 7) is 0. The predicted octanol–water partition coefficient (Wildman–Crippen LogP) is 6.41. The number of anilines is 1. The Morgan fingerprint density at radius 1 is 1.06 bits per heavy atom. The molecule has 0 aliphatic heterocycles. The number of furan rings is 1. The topological polar surface area (TPSA) is 63.8 Å². The highest BCUT2D eigenvalue weighted by Gasteiger charge is 2.42. The van der Waals surface area contributed by atoms with Gasteiger partial charge in [0.2, 0.25) is 0 Å². The Labute approximate surface area is 185 Å². The van der Waals surface area contributed by atoms with Crippen molar-refractivity contribution in [1.82, 2.24) is 0 Å². The van der Waals surface area contributed by atoms with E-state index in [1.807, 2.05) is 0 Å². The van der Waals surface area contributed by atoms with Crippen molar-refractivity contribution in [2.24, 2.45) is 5.10 Å². The summed E-state index contributed by atoms with van der Waals surface area (Å²) >= 11 is 5.93. The molecule has 0 saturated heterocycles. The quantitative estimate of drug-likeness (QED) is 0.146. The molecule has 2 aromatic carbocycles. The average Bonchev–Trinajstić information content (AvgIpc) is 3.22. The molecule has 13 heteroatoms. The van der Waals surface area contributed by atoms with Crippen LogP contribution in [0.1, 0.15) is 21.7 Å². The van der Waals surface area contributed by atoms with Crippen molar-refractivity contribution in [3.63, 3.8) is 0 Å². The van der Waals surface area contributed by atoms with Crippen molar-refractivity contribution in [3.05, 3.63) is 75.5 Å². The normalized spacial score (nSPS) is 11.8. The van der Waals surface area contributed by atoms with Crippen LogP contribution < -0.4 is 5.43 Å². The van der Waals surface area contributed by atoms with Crippen LogP contribution in [0.5, 0.6) is 0 Å². The Morgan fingerprint density at radius 2 is 1.70 bits per heavy atom. The molecule has 0 aliphatic rings. The number of hydrazone groups is 1. The molecular weight excluding hydrogens is 485 g/mol. The number of halogens is 8. The summed E-state index contributed by atoms with van der Waals surface area (Å²) in [6, 6.07) is 7.09. The SMILES string of the molecule is COC(=O)c1cc(-c2ccc(/C=N/Nc3c(F)c(F)c(C(F)(F)F)c(F)c3F)o2)ccc1Cl. The number of benzene rings is 2. The number of hydrogen-bond donors (Lipinski definition) is 1. The highest BCUT2D eigenvalue weighted by Crippen LogP contribution is 2.38. The standard InChI is InChI=1S/C20H10ClF7N2O3/c1-32-19(31)10-6-8(2-4-11(10)21)12-5-3-9(33-12)7-29-30-18-16(24)14(22)13(20(26,27)28)15(23)17(18)25/h2-7,30H,1H3/b29-7+. The molecule has 0 spiro atoms. The van der Waals surface area contributed by atoms with E-state index in [0.29, 0.717) is 5.56 Å². The van der Waals surface area contributed by atoms with E-state index in [-0.39, 0.29) is 22.1 Å². The van der Waals surface area contributed by atoms with E-state index in [1.54, 1.807) is 5.43 Å². The highest BCUT2D eigenvalue weighted by molar-refractivity contribution is 6.33. The van der Waals surface area contributed by atoms with Gasteiger partial charge >= 0.3 is 12.1 Å². The first kappa shape index (κ1) is 24.1. The zero-order valence-corrected chi connectivity index (χ0v) is 16.9. The molecule has 3 aromatic rings. The van der Waals surface area contributed by atoms with Crippen LogP contribution in [0.3, 0.4) is 0 Å². The molecular formula is C20H10ClF7N2O3. The van der Waals surface area contributed by atoms with Crippen LogP contribution in [-0.2, 0) is 10.9 Å². The third-order valence-corrected chi connectivity index (χ3v) is 4.53. The van der Waals surface area contributed by atoms with Crippen LogP contribution in [0.25, 0.3) is 11.3 Å². The summed E-state index contributed by atoms with van der Waals surface area (Å²) in [4.78, 5) is 11.7. The van der Waals surface area contributed by atoms with Gasteiger partial charge in [0.15, 0.2) is 23.3 Å². The number of hydrogen-bond acceptors (Lipinski definition) is 5. The van der Waals surface area contributed by atoms with Crippen LogP contribution in [0.2, 0.25) is 5.02 Å². The maximum absolute atomic E-state index is 13.9. The maximum atomic E-state index is 13.9. The van der Waals surface area contributed by atoms with Gasteiger partial charge in [0.25, 0.3) is 0 Å². The molecule has 174 valence electrons. The number of alkyl halides is 3. The summed E-state index contributed by atoms with van der Waals surface area (Å²) in [5, 5.41) is 3.46. The molecule has 0 aliphatic carbocycles. The van der Waals surface area contributed by atoms with E-state index < -0.39 is 46.7 Å². The third kappa shape index (κ3) is 4.80. The molecule has 1 N–H and O–H groups in total. The summed E-state index contributed by atoms with van der Waals surface area (Å²) in [7, 11) is 1.17. The number of nitrogens with zero attached hydrogens (tertiary/aromatic N) is 1. The number of methoxy groups -OCH3 is 1. The molecule has 0 radical (unpaired) electrons. The van der Waals surface area contributed by atoms with Crippen LogP contribution in [-0.4, -0.2) is 19.3 Å². The smallest absolute Gasteiger partial charge is 0.422 e. The van der Waals surface area contributed by atoms with Crippen LogP contribution in [0.15, 0.2) is 39.9 Å². The number of carbonyl (C=O) groups is 1. The summed E-state index contributed by atoms with van der Waals surface area (Å²) in [5.74, 6) is -10.4. The molecule has 0 amide bonds. The molecule has 1 heterocycles. The lowest BCUT2D eigenvalue weighted by atomic mass is 10.1. The average molecular weight is 495 g/mol. The monoisotopic (exact) mass is 494 g/mol. The molecule has 0 saturated carbocycles. The van der Waals surface area contributed by atoms with E-state index in [4.69, 9.17) is 16.0 Å². The fourth-order valence-corrected chi connectivity index (χ4v) is 2.86. The molecule has 5 nitrogen and oxygen atoms in total. The van der Waals surface area contributed by atoms with Gasteiger partial charge in [-0.1, -0.05) is 11.6 Å². The zero-order chi connectivity index (χ0) is 24.5. The van der Waals surface area contributed by atoms with Gasteiger partial charge in [0, 0.05) is 5.56 Å². The van der Waals surface area contributed by atoms with Crippen LogP contribution in [0, 0.1) is 23.3 Å². The van der Waals surface area contributed by atoms with Gasteiger partial charge in [-0.05, 0) is 30.3 Å². The fraction of sp³-hybridized carbons (Fsp3) is 0.100. The Morgan fingerprint density at radius 3 is 2.27 bits per heavy atom. The molecule has 33 heavy (non-hydrogen) atoms. The second-order valence-corrected chi connectivity index (χ2v) is 6.67. The Hall–Kier alpha value is -3.54. The second-order valence-electron chi connectivity index (χ2n) is 6.26. The van der Waals surface area contributed by atoms with Gasteiger partial charge in [-0.3, -0.25) is 5.43 Å². The van der Waals surface area contributed by atoms with Gasteiger partial charge in [-0.25, -0.2) is 22.4 Å². The Kier molecular flexibility index (Phi) is 6.68. The number of carbonyl (C=O) groups excluding carboxylic acids is 1. The van der Waals surface area contributed by atoms with Gasteiger partial charge in [-0.2, -0.15) is 18.3 Å². The van der Waals surface area contributed by atoms with Crippen molar-refractivity contribution >= 4 is 29.5 Å². The van der Waals surface area contributed by atoms with E-state index in [0.717, 1.165) is 6.21 Å². The van der Waals surface area contributed by atoms with Gasteiger partial charge in [0.05, 0.1) is 23.9 Å². The molecule has 3 rings (SSSR count). The van der Waals surface area contributed by atoms with Gasteiger partial charge in [0.1, 0.15) is 22.8 Å². The lowest BCUT2D eigenvalue weighted by molar-refractivity contribution is -0.143.